The highest BCUT2D eigenvalue weighted by atomic mass is 16.5. The molecule has 5 aliphatic carbocycles. The van der Waals surface area contributed by atoms with Crippen molar-refractivity contribution in [2.45, 2.75) is 118 Å². The van der Waals surface area contributed by atoms with Crippen molar-refractivity contribution in [3.05, 3.63) is 11.6 Å². The fourth-order valence-electron chi connectivity index (χ4n) is 11.0. The van der Waals surface area contributed by atoms with E-state index < -0.39 is 35.8 Å². The highest BCUT2D eigenvalue weighted by Gasteiger charge is 2.72. The zero-order valence-corrected chi connectivity index (χ0v) is 24.2. The van der Waals surface area contributed by atoms with Gasteiger partial charge in [-0.05, 0) is 89.8 Å². The third kappa shape index (κ3) is 3.22. The van der Waals surface area contributed by atoms with Gasteiger partial charge < -0.3 is 25.2 Å². The van der Waals surface area contributed by atoms with Crippen LogP contribution in [0.5, 0.6) is 0 Å². The van der Waals surface area contributed by atoms with Crippen LogP contribution in [0.2, 0.25) is 0 Å². The molecule has 37 heavy (non-hydrogen) atoms. The number of esters is 1. The fraction of sp³-hybridized carbons (Fsp3) is 0.903. The lowest BCUT2D eigenvalue weighted by molar-refractivity contribution is -0.242. The molecule has 0 bridgehead atoms. The van der Waals surface area contributed by atoms with Gasteiger partial charge in [-0.3, -0.25) is 4.79 Å². The molecule has 11 unspecified atom stereocenters. The molecule has 0 aliphatic heterocycles. The summed E-state index contributed by atoms with van der Waals surface area (Å²) < 4.78 is 5.32. The molecule has 0 aromatic carbocycles. The quantitative estimate of drug-likeness (QED) is 0.306. The van der Waals surface area contributed by atoms with Gasteiger partial charge in [0, 0.05) is 0 Å². The largest absolute Gasteiger partial charge is 0.468 e. The molecular formula is C31H50O6. The number of hydrogen-bond acceptors (Lipinski definition) is 6. The Kier molecular flexibility index (Phi) is 6.01. The van der Waals surface area contributed by atoms with Crippen molar-refractivity contribution in [3.8, 4) is 0 Å². The highest BCUT2D eigenvalue weighted by Crippen LogP contribution is 2.75. The van der Waals surface area contributed by atoms with E-state index in [1.807, 2.05) is 0 Å². The number of ether oxygens (including phenoxy) is 1. The third-order valence-electron chi connectivity index (χ3n) is 13.4. The van der Waals surface area contributed by atoms with Gasteiger partial charge in [0.25, 0.3) is 0 Å². The summed E-state index contributed by atoms with van der Waals surface area (Å²) in [5.74, 6) is -0.0161. The van der Waals surface area contributed by atoms with Crippen LogP contribution < -0.4 is 0 Å². The van der Waals surface area contributed by atoms with Gasteiger partial charge in [-0.2, -0.15) is 0 Å². The van der Waals surface area contributed by atoms with Crippen LogP contribution in [0.25, 0.3) is 0 Å². The minimum atomic E-state index is -1.13. The molecule has 5 rings (SSSR count). The van der Waals surface area contributed by atoms with Crippen LogP contribution >= 0.6 is 0 Å². The third-order valence-corrected chi connectivity index (χ3v) is 13.4. The maximum absolute atomic E-state index is 13.4. The molecule has 4 fully saturated rings. The van der Waals surface area contributed by atoms with E-state index in [2.05, 4.69) is 54.5 Å². The van der Waals surface area contributed by atoms with Gasteiger partial charge in [-0.15, -0.1) is 0 Å². The highest BCUT2D eigenvalue weighted by molar-refractivity contribution is 5.79. The van der Waals surface area contributed by atoms with Crippen molar-refractivity contribution >= 4 is 5.97 Å². The predicted octanol–water partition coefficient (Wildman–Crippen LogP) is 4.23. The molecule has 0 heterocycles. The Morgan fingerprint density at radius 1 is 0.892 bits per heavy atom. The summed E-state index contributed by atoms with van der Waals surface area (Å²) in [6, 6.07) is 0. The molecule has 6 heteroatoms. The molecule has 0 saturated heterocycles. The van der Waals surface area contributed by atoms with Crippen LogP contribution in [0.1, 0.15) is 93.4 Å². The standard InChI is InChI=1S/C31H50O6/c1-26(2)13-18-17-9-10-21-28(5)14-19(32)24(35)27(3,4)20(28)11-12-29(21,6)30(17,7)15-23(34)31(18,16-22(26)33)25(36)37-8/h9,18-24,32-35H,10-16H2,1-8H3. The first kappa shape index (κ1) is 27.6. The molecule has 4 N–H and O–H groups in total. The summed E-state index contributed by atoms with van der Waals surface area (Å²) in [5.41, 5.74) is -1.24. The SMILES string of the molecule is COC(=O)C12CC(O)C(C)(C)CC1C1=CCC3C4(C)CC(O)C(O)C(C)(C)C4CCC3(C)C1(C)CC2O. The predicted molar refractivity (Wildman–Crippen MR) is 141 cm³/mol. The Morgan fingerprint density at radius 2 is 1.54 bits per heavy atom. The second-order valence-corrected chi connectivity index (χ2v) is 15.5. The van der Waals surface area contributed by atoms with Crippen molar-refractivity contribution < 1.29 is 30.0 Å². The molecule has 4 saturated carbocycles. The van der Waals surface area contributed by atoms with Gasteiger partial charge in [-0.1, -0.05) is 60.1 Å². The van der Waals surface area contributed by atoms with Crippen molar-refractivity contribution in [1.29, 1.82) is 0 Å². The van der Waals surface area contributed by atoms with Crippen LogP contribution in [-0.2, 0) is 9.53 Å². The number of rotatable bonds is 1. The number of carbonyl (C=O) groups excluding carboxylic acids is 1. The van der Waals surface area contributed by atoms with E-state index in [0.717, 1.165) is 19.3 Å². The normalized spacial score (nSPS) is 54.1. The van der Waals surface area contributed by atoms with Crippen molar-refractivity contribution in [2.75, 3.05) is 7.11 Å². The zero-order chi connectivity index (χ0) is 27.6. The lowest BCUT2D eigenvalue weighted by atomic mass is 9.33. The van der Waals surface area contributed by atoms with E-state index in [4.69, 9.17) is 4.74 Å². The van der Waals surface area contributed by atoms with E-state index in [0.29, 0.717) is 25.2 Å². The Balaban J connectivity index is 1.65. The minimum absolute atomic E-state index is 0.135. The Labute approximate surface area is 222 Å². The number of allylic oxidation sites excluding steroid dienone is 2. The van der Waals surface area contributed by atoms with Crippen molar-refractivity contribution in [2.24, 2.45) is 50.2 Å². The molecule has 0 spiro atoms. The van der Waals surface area contributed by atoms with Crippen LogP contribution in [0, 0.1) is 50.2 Å². The van der Waals surface area contributed by atoms with Crippen LogP contribution in [0.4, 0.5) is 0 Å². The number of aliphatic hydroxyl groups is 4. The first-order valence-corrected chi connectivity index (χ1v) is 14.4. The fourth-order valence-corrected chi connectivity index (χ4v) is 11.0. The van der Waals surface area contributed by atoms with Gasteiger partial charge in [-0.25, -0.2) is 0 Å². The number of aliphatic hydroxyl groups excluding tert-OH is 4. The summed E-state index contributed by atoms with van der Waals surface area (Å²) in [7, 11) is 1.39. The topological polar surface area (TPSA) is 107 Å². The average molecular weight is 519 g/mol. The second kappa shape index (κ2) is 8.05. The summed E-state index contributed by atoms with van der Waals surface area (Å²) in [6.45, 7) is 15.4. The molecule has 0 aromatic rings. The summed E-state index contributed by atoms with van der Waals surface area (Å²) in [5, 5.41) is 44.9. The van der Waals surface area contributed by atoms with E-state index >= 15 is 0 Å². The minimum Gasteiger partial charge on any atom is -0.468 e. The zero-order valence-electron chi connectivity index (χ0n) is 24.2. The van der Waals surface area contributed by atoms with Gasteiger partial charge >= 0.3 is 5.97 Å². The number of hydrogen-bond donors (Lipinski definition) is 4. The molecule has 6 nitrogen and oxygen atoms in total. The Bertz CT molecular complexity index is 1000. The number of methoxy groups -OCH3 is 1. The number of carbonyl (C=O) groups is 1. The maximum Gasteiger partial charge on any atom is 0.315 e. The van der Waals surface area contributed by atoms with E-state index in [1.165, 1.54) is 12.7 Å². The summed E-state index contributed by atoms with van der Waals surface area (Å²) in [4.78, 5) is 13.4. The average Bonchev–Trinajstić information content (AvgIpc) is 2.79. The molecule has 0 radical (unpaired) electrons. The lowest BCUT2D eigenvalue weighted by Crippen LogP contribution is -2.69. The first-order chi connectivity index (χ1) is 16.9. The molecule has 5 aliphatic rings. The van der Waals surface area contributed by atoms with E-state index in [-0.39, 0.29) is 45.3 Å². The molecule has 0 amide bonds. The Hall–Kier alpha value is -0.950. The molecular weight excluding hydrogens is 468 g/mol. The maximum atomic E-state index is 13.4. The Morgan fingerprint density at radius 3 is 2.16 bits per heavy atom. The van der Waals surface area contributed by atoms with Gasteiger partial charge in [0.1, 0.15) is 5.41 Å². The van der Waals surface area contributed by atoms with Crippen LogP contribution in [0.15, 0.2) is 11.6 Å². The van der Waals surface area contributed by atoms with Crippen molar-refractivity contribution in [1.82, 2.24) is 0 Å². The van der Waals surface area contributed by atoms with E-state index in [1.54, 1.807) is 0 Å². The van der Waals surface area contributed by atoms with Gasteiger partial charge in [0.15, 0.2) is 0 Å². The summed E-state index contributed by atoms with van der Waals surface area (Å²) >= 11 is 0. The van der Waals surface area contributed by atoms with Gasteiger partial charge in [0.2, 0.25) is 0 Å². The van der Waals surface area contributed by atoms with Gasteiger partial charge in [0.05, 0.1) is 31.5 Å². The molecule has 0 aromatic heterocycles. The van der Waals surface area contributed by atoms with Crippen LogP contribution in [-0.4, -0.2) is 57.9 Å². The summed E-state index contributed by atoms with van der Waals surface area (Å²) in [6.07, 6.45) is 3.98. The lowest BCUT2D eigenvalue weighted by Gasteiger charge is -2.72. The van der Waals surface area contributed by atoms with E-state index in [9.17, 15) is 25.2 Å². The molecule has 210 valence electrons. The smallest absolute Gasteiger partial charge is 0.315 e. The molecule has 11 atom stereocenters. The second-order valence-electron chi connectivity index (χ2n) is 15.5. The van der Waals surface area contributed by atoms with Crippen LogP contribution in [0.3, 0.4) is 0 Å². The number of fused-ring (bicyclic) bond motifs is 7. The van der Waals surface area contributed by atoms with Crippen molar-refractivity contribution in [3.63, 3.8) is 0 Å². The monoisotopic (exact) mass is 518 g/mol. The first-order valence-electron chi connectivity index (χ1n) is 14.4.